The summed E-state index contributed by atoms with van der Waals surface area (Å²) >= 11 is 0. The van der Waals surface area contributed by atoms with Gasteiger partial charge in [-0.05, 0) is 49.0 Å². The SMILES string of the molecule is CCN1CCCC1CN(Cc1cc2ccccc2n1C)C(=O)C(OC)c1ccccc1. The summed E-state index contributed by atoms with van der Waals surface area (Å²) in [5, 5.41) is 1.20. The Morgan fingerprint density at radius 3 is 2.61 bits per heavy atom. The Morgan fingerprint density at radius 2 is 1.90 bits per heavy atom. The van der Waals surface area contributed by atoms with Crippen molar-refractivity contribution in [2.75, 3.05) is 26.7 Å². The molecule has 0 radical (unpaired) electrons. The van der Waals surface area contributed by atoms with Crippen molar-refractivity contribution in [1.82, 2.24) is 14.4 Å². The Morgan fingerprint density at radius 1 is 1.16 bits per heavy atom. The summed E-state index contributed by atoms with van der Waals surface area (Å²) in [6.07, 6.45) is 1.74. The molecule has 5 heteroatoms. The molecule has 5 nitrogen and oxygen atoms in total. The van der Waals surface area contributed by atoms with E-state index in [0.717, 1.165) is 37.3 Å². The molecule has 0 aliphatic carbocycles. The quantitative estimate of drug-likeness (QED) is 0.544. The number of nitrogens with zero attached hydrogens (tertiary/aromatic N) is 3. The van der Waals surface area contributed by atoms with Gasteiger partial charge in [0.1, 0.15) is 0 Å². The van der Waals surface area contributed by atoms with E-state index in [1.54, 1.807) is 7.11 Å². The number of aromatic nitrogens is 1. The first kappa shape index (κ1) is 21.6. The van der Waals surface area contributed by atoms with Crippen LogP contribution in [0.1, 0.15) is 37.1 Å². The van der Waals surface area contributed by atoms with Crippen molar-refractivity contribution in [3.8, 4) is 0 Å². The number of amides is 1. The van der Waals surface area contributed by atoms with Gasteiger partial charge in [0.2, 0.25) is 0 Å². The molecule has 3 aromatic rings. The van der Waals surface area contributed by atoms with Gasteiger partial charge in [0.25, 0.3) is 5.91 Å². The number of likely N-dealkylation sites (tertiary alicyclic amines) is 1. The van der Waals surface area contributed by atoms with Crippen LogP contribution in [0.15, 0.2) is 60.7 Å². The van der Waals surface area contributed by atoms with Crippen LogP contribution in [0.4, 0.5) is 0 Å². The number of fused-ring (bicyclic) bond motifs is 1. The maximum Gasteiger partial charge on any atom is 0.256 e. The molecule has 4 rings (SSSR count). The fraction of sp³-hybridized carbons (Fsp3) is 0.423. The van der Waals surface area contributed by atoms with Crippen molar-refractivity contribution in [3.05, 3.63) is 71.9 Å². The molecule has 1 amide bonds. The molecule has 164 valence electrons. The van der Waals surface area contributed by atoms with Crippen LogP contribution in [0.5, 0.6) is 0 Å². The molecule has 1 fully saturated rings. The molecule has 1 aromatic heterocycles. The van der Waals surface area contributed by atoms with E-state index < -0.39 is 6.10 Å². The third-order valence-electron chi connectivity index (χ3n) is 6.61. The minimum Gasteiger partial charge on any atom is -0.367 e. The van der Waals surface area contributed by atoms with Crippen LogP contribution < -0.4 is 0 Å². The zero-order valence-corrected chi connectivity index (χ0v) is 18.8. The molecule has 2 atom stereocenters. The number of hydrogen-bond acceptors (Lipinski definition) is 3. The van der Waals surface area contributed by atoms with Gasteiger partial charge < -0.3 is 14.2 Å². The maximum atomic E-state index is 13.8. The summed E-state index contributed by atoms with van der Waals surface area (Å²) < 4.78 is 7.91. The van der Waals surface area contributed by atoms with Crippen molar-refractivity contribution in [2.45, 2.75) is 38.5 Å². The van der Waals surface area contributed by atoms with E-state index in [1.165, 1.54) is 17.3 Å². The van der Waals surface area contributed by atoms with Crippen molar-refractivity contribution >= 4 is 16.8 Å². The first-order valence-corrected chi connectivity index (χ1v) is 11.3. The lowest BCUT2D eigenvalue weighted by atomic mass is 10.1. The lowest BCUT2D eigenvalue weighted by Gasteiger charge is -2.32. The first-order chi connectivity index (χ1) is 15.1. The number of rotatable bonds is 8. The number of hydrogen-bond donors (Lipinski definition) is 0. The van der Waals surface area contributed by atoms with Gasteiger partial charge in [-0.15, -0.1) is 0 Å². The Bertz CT molecular complexity index is 1010. The second-order valence-electron chi connectivity index (χ2n) is 8.42. The minimum absolute atomic E-state index is 0.0295. The summed E-state index contributed by atoms with van der Waals surface area (Å²) in [5.74, 6) is 0.0295. The zero-order valence-electron chi connectivity index (χ0n) is 18.8. The second-order valence-corrected chi connectivity index (χ2v) is 8.42. The van der Waals surface area contributed by atoms with Gasteiger partial charge in [-0.3, -0.25) is 9.69 Å². The molecular formula is C26H33N3O2. The van der Waals surface area contributed by atoms with Gasteiger partial charge in [-0.1, -0.05) is 55.5 Å². The van der Waals surface area contributed by atoms with Crippen LogP contribution in [0.3, 0.4) is 0 Å². The minimum atomic E-state index is -0.590. The molecule has 0 saturated carbocycles. The Balaban J connectivity index is 1.64. The number of benzene rings is 2. The van der Waals surface area contributed by atoms with Crippen molar-refractivity contribution in [3.63, 3.8) is 0 Å². The van der Waals surface area contributed by atoms with Crippen LogP contribution in [-0.2, 0) is 23.1 Å². The maximum absolute atomic E-state index is 13.8. The van der Waals surface area contributed by atoms with E-state index in [4.69, 9.17) is 4.74 Å². The predicted octanol–water partition coefficient (Wildman–Crippen LogP) is 4.38. The normalized spacial score (nSPS) is 17.8. The molecular weight excluding hydrogens is 386 g/mol. The molecule has 2 unspecified atom stereocenters. The summed E-state index contributed by atoms with van der Waals surface area (Å²) in [5.41, 5.74) is 3.22. The Labute approximate surface area is 185 Å². The van der Waals surface area contributed by atoms with Crippen molar-refractivity contribution < 1.29 is 9.53 Å². The molecule has 1 aliphatic heterocycles. The van der Waals surface area contributed by atoms with E-state index in [1.807, 2.05) is 35.2 Å². The molecule has 31 heavy (non-hydrogen) atoms. The van der Waals surface area contributed by atoms with E-state index in [0.29, 0.717) is 12.6 Å². The fourth-order valence-corrected chi connectivity index (χ4v) is 4.87. The van der Waals surface area contributed by atoms with Crippen molar-refractivity contribution in [2.24, 2.45) is 7.05 Å². The van der Waals surface area contributed by atoms with Gasteiger partial charge >= 0.3 is 0 Å². The number of carbonyl (C=O) groups is 1. The van der Waals surface area contributed by atoms with Gasteiger partial charge in [0.05, 0.1) is 6.54 Å². The zero-order chi connectivity index (χ0) is 21.8. The topological polar surface area (TPSA) is 37.7 Å². The highest BCUT2D eigenvalue weighted by Gasteiger charge is 2.31. The van der Waals surface area contributed by atoms with Crippen LogP contribution >= 0.6 is 0 Å². The predicted molar refractivity (Wildman–Crippen MR) is 125 cm³/mol. The summed E-state index contributed by atoms with van der Waals surface area (Å²) in [6, 6.07) is 20.8. The average molecular weight is 420 g/mol. The molecule has 1 saturated heterocycles. The van der Waals surface area contributed by atoms with E-state index >= 15 is 0 Å². The number of para-hydroxylation sites is 1. The smallest absolute Gasteiger partial charge is 0.256 e. The third kappa shape index (κ3) is 4.53. The molecule has 2 aromatic carbocycles. The summed E-state index contributed by atoms with van der Waals surface area (Å²) in [4.78, 5) is 18.3. The monoisotopic (exact) mass is 419 g/mol. The molecule has 0 N–H and O–H groups in total. The summed E-state index contributed by atoms with van der Waals surface area (Å²) in [6.45, 7) is 5.64. The highest BCUT2D eigenvalue weighted by atomic mass is 16.5. The number of methoxy groups -OCH3 is 1. The van der Waals surface area contributed by atoms with Crippen LogP contribution in [0.25, 0.3) is 10.9 Å². The van der Waals surface area contributed by atoms with Crippen molar-refractivity contribution in [1.29, 1.82) is 0 Å². The number of ether oxygens (including phenoxy) is 1. The Kier molecular flexibility index (Phi) is 6.73. The Hall–Kier alpha value is -2.63. The van der Waals surface area contributed by atoms with E-state index in [9.17, 15) is 4.79 Å². The molecule has 2 heterocycles. The van der Waals surface area contributed by atoms with Crippen LogP contribution in [-0.4, -0.2) is 53.1 Å². The second kappa shape index (κ2) is 9.67. The fourth-order valence-electron chi connectivity index (χ4n) is 4.87. The number of aryl methyl sites for hydroxylation is 1. The number of likely N-dealkylation sites (N-methyl/N-ethyl adjacent to an activating group) is 1. The third-order valence-corrected chi connectivity index (χ3v) is 6.61. The highest BCUT2D eigenvalue weighted by molar-refractivity contribution is 5.83. The highest BCUT2D eigenvalue weighted by Crippen LogP contribution is 2.26. The summed E-state index contributed by atoms with van der Waals surface area (Å²) in [7, 11) is 3.71. The number of carbonyl (C=O) groups excluding carboxylic acids is 1. The first-order valence-electron chi connectivity index (χ1n) is 11.3. The molecule has 0 bridgehead atoms. The standard InChI is InChI=1S/C26H33N3O2/c1-4-28-16-10-14-22(28)18-29(26(30)25(31-3)20-11-6-5-7-12-20)19-23-17-21-13-8-9-15-24(21)27(23)2/h5-9,11-13,15,17,22,25H,4,10,14,16,18-19H2,1-3H3. The van der Waals surface area contributed by atoms with Crippen LogP contribution in [0.2, 0.25) is 0 Å². The van der Waals surface area contributed by atoms with Gasteiger partial charge in [0, 0.05) is 38.0 Å². The van der Waals surface area contributed by atoms with Gasteiger partial charge in [0.15, 0.2) is 6.10 Å². The van der Waals surface area contributed by atoms with Gasteiger partial charge in [-0.2, -0.15) is 0 Å². The molecule has 1 aliphatic rings. The lowest BCUT2D eigenvalue weighted by Crippen LogP contribution is -2.44. The lowest BCUT2D eigenvalue weighted by molar-refractivity contribution is -0.144. The van der Waals surface area contributed by atoms with Gasteiger partial charge in [-0.25, -0.2) is 0 Å². The average Bonchev–Trinajstić information content (AvgIpc) is 3.38. The van der Waals surface area contributed by atoms with E-state index in [-0.39, 0.29) is 5.91 Å². The largest absolute Gasteiger partial charge is 0.367 e. The van der Waals surface area contributed by atoms with E-state index in [2.05, 4.69) is 53.8 Å². The molecule has 0 spiro atoms. The van der Waals surface area contributed by atoms with Crippen LogP contribution in [0, 0.1) is 0 Å².